The van der Waals surface area contributed by atoms with Gasteiger partial charge in [0, 0.05) is 31.4 Å². The average molecular weight is 695 g/mol. The second-order valence-corrected chi connectivity index (χ2v) is 11.4. The van der Waals surface area contributed by atoms with E-state index in [9.17, 15) is 19.6 Å². The van der Waals surface area contributed by atoms with Crippen LogP contribution in [0.15, 0.2) is 40.4 Å². The third-order valence-corrected chi connectivity index (χ3v) is 8.43. The standard InChI is InChI=1S/C30H26BrCl2NO7S/c1-5-39-29(36)27-16(3)28(30(37)40-6-2)42-26(27)13-23(35)19(14-34)9-18-10-24(38-4)25(12-21(18)31)41-15-17-7-8-20(32)11-22(17)33/h7-12H,5-6,13,15H2,1-4H3/b19-9+. The van der Waals surface area contributed by atoms with Crippen LogP contribution in [0.5, 0.6) is 11.5 Å². The Balaban J connectivity index is 1.91. The summed E-state index contributed by atoms with van der Waals surface area (Å²) in [6, 6.07) is 10.3. The molecule has 0 radical (unpaired) electrons. The summed E-state index contributed by atoms with van der Waals surface area (Å²) in [6.45, 7) is 5.33. The molecule has 3 rings (SSSR count). The van der Waals surface area contributed by atoms with Crippen LogP contribution in [0.3, 0.4) is 0 Å². The molecule has 8 nitrogen and oxygen atoms in total. The first-order chi connectivity index (χ1) is 20.0. The monoisotopic (exact) mass is 693 g/mol. The van der Waals surface area contributed by atoms with E-state index in [4.69, 9.17) is 42.1 Å². The van der Waals surface area contributed by atoms with E-state index in [2.05, 4.69) is 15.9 Å². The molecule has 0 fully saturated rings. The predicted molar refractivity (Wildman–Crippen MR) is 165 cm³/mol. The van der Waals surface area contributed by atoms with E-state index in [1.807, 2.05) is 6.07 Å². The number of carbonyl (C=O) groups excluding carboxylic acids is 3. The van der Waals surface area contributed by atoms with Crippen molar-refractivity contribution in [2.24, 2.45) is 0 Å². The topological polar surface area (TPSA) is 112 Å². The number of hydrogen-bond acceptors (Lipinski definition) is 9. The van der Waals surface area contributed by atoms with Crippen LogP contribution in [0.2, 0.25) is 10.0 Å². The lowest BCUT2D eigenvalue weighted by atomic mass is 10.0. The molecule has 0 bridgehead atoms. The summed E-state index contributed by atoms with van der Waals surface area (Å²) < 4.78 is 22.2. The van der Waals surface area contributed by atoms with Gasteiger partial charge in [-0.15, -0.1) is 11.3 Å². The van der Waals surface area contributed by atoms with Crippen molar-refractivity contribution in [1.82, 2.24) is 0 Å². The summed E-state index contributed by atoms with van der Waals surface area (Å²) in [5, 5.41) is 10.8. The molecule has 0 spiro atoms. The van der Waals surface area contributed by atoms with Crippen molar-refractivity contribution in [3.63, 3.8) is 0 Å². The molecule has 42 heavy (non-hydrogen) atoms. The SMILES string of the molecule is CCOC(=O)c1sc(CC(=O)/C(C#N)=C/c2cc(OC)c(OCc3ccc(Cl)cc3Cl)cc2Br)c(C(=O)OCC)c1C. The number of rotatable bonds is 12. The fourth-order valence-corrected chi connectivity index (χ4v) is 5.94. The van der Waals surface area contributed by atoms with E-state index in [1.165, 1.54) is 13.2 Å². The molecule has 0 aliphatic heterocycles. The molecule has 2 aromatic carbocycles. The molecule has 0 amide bonds. The normalized spacial score (nSPS) is 11.0. The van der Waals surface area contributed by atoms with Crippen molar-refractivity contribution in [1.29, 1.82) is 5.26 Å². The van der Waals surface area contributed by atoms with Gasteiger partial charge in [-0.05, 0) is 62.2 Å². The summed E-state index contributed by atoms with van der Waals surface area (Å²) in [6.07, 6.45) is 1.11. The minimum absolute atomic E-state index is 0.113. The van der Waals surface area contributed by atoms with Crippen LogP contribution in [-0.4, -0.2) is 38.0 Å². The van der Waals surface area contributed by atoms with Crippen molar-refractivity contribution >= 4 is 74.3 Å². The second kappa shape index (κ2) is 15.2. The Morgan fingerprint density at radius 3 is 2.36 bits per heavy atom. The molecule has 3 aromatic rings. The summed E-state index contributed by atoms with van der Waals surface area (Å²) >= 11 is 16.7. The smallest absolute Gasteiger partial charge is 0.348 e. The Labute approximate surface area is 265 Å². The minimum Gasteiger partial charge on any atom is -0.493 e. The number of nitriles is 1. The molecule has 0 aliphatic carbocycles. The molecule has 0 saturated heterocycles. The maximum Gasteiger partial charge on any atom is 0.348 e. The van der Waals surface area contributed by atoms with Crippen molar-refractivity contribution in [3.05, 3.63) is 82.4 Å². The fraction of sp³-hybridized carbons (Fsp3) is 0.267. The average Bonchev–Trinajstić information content (AvgIpc) is 3.27. The summed E-state index contributed by atoms with van der Waals surface area (Å²) in [5.41, 5.74) is 1.52. The van der Waals surface area contributed by atoms with Gasteiger partial charge in [0.05, 0.1) is 31.5 Å². The van der Waals surface area contributed by atoms with Crippen LogP contribution in [0.4, 0.5) is 0 Å². The van der Waals surface area contributed by atoms with Crippen molar-refractivity contribution in [2.45, 2.75) is 33.8 Å². The van der Waals surface area contributed by atoms with E-state index in [1.54, 1.807) is 51.1 Å². The Bertz CT molecular complexity index is 1590. The van der Waals surface area contributed by atoms with Gasteiger partial charge < -0.3 is 18.9 Å². The van der Waals surface area contributed by atoms with Crippen molar-refractivity contribution < 1.29 is 33.3 Å². The highest BCUT2D eigenvalue weighted by atomic mass is 79.9. The van der Waals surface area contributed by atoms with E-state index >= 15 is 0 Å². The summed E-state index contributed by atoms with van der Waals surface area (Å²) in [4.78, 5) is 39.0. The number of nitrogens with zero attached hydrogens (tertiary/aromatic N) is 1. The molecule has 0 saturated carbocycles. The molecule has 1 aromatic heterocycles. The predicted octanol–water partition coefficient (Wildman–Crippen LogP) is 7.79. The molecule has 12 heteroatoms. The van der Waals surface area contributed by atoms with Crippen LogP contribution >= 0.6 is 50.5 Å². The highest BCUT2D eigenvalue weighted by Crippen LogP contribution is 2.36. The first kappa shape index (κ1) is 33.1. The number of methoxy groups -OCH3 is 1. The lowest BCUT2D eigenvalue weighted by Crippen LogP contribution is -2.12. The van der Waals surface area contributed by atoms with Crippen LogP contribution in [0, 0.1) is 18.3 Å². The van der Waals surface area contributed by atoms with E-state index in [0.29, 0.717) is 42.0 Å². The van der Waals surface area contributed by atoms with E-state index in [0.717, 1.165) is 16.9 Å². The summed E-state index contributed by atoms with van der Waals surface area (Å²) in [5.74, 6) is -1.05. The van der Waals surface area contributed by atoms with Crippen molar-refractivity contribution in [3.8, 4) is 17.6 Å². The van der Waals surface area contributed by atoms with Crippen LogP contribution in [0.1, 0.15) is 55.4 Å². The molecule has 1 heterocycles. The Kier molecular flexibility index (Phi) is 12.0. The molecular weight excluding hydrogens is 669 g/mol. The van der Waals surface area contributed by atoms with Gasteiger partial charge in [0.1, 0.15) is 17.6 Å². The molecule has 0 atom stereocenters. The zero-order valence-electron chi connectivity index (χ0n) is 23.1. The number of esters is 2. The second-order valence-electron chi connectivity index (χ2n) is 8.61. The quantitative estimate of drug-likeness (QED) is 0.107. The molecular formula is C30H26BrCl2NO7S. The van der Waals surface area contributed by atoms with Crippen LogP contribution in [-0.2, 0) is 27.3 Å². The Morgan fingerprint density at radius 1 is 1.05 bits per heavy atom. The zero-order chi connectivity index (χ0) is 31.0. The number of carbonyl (C=O) groups is 3. The fourth-order valence-electron chi connectivity index (χ4n) is 3.86. The highest BCUT2D eigenvalue weighted by molar-refractivity contribution is 9.10. The number of thiophene rings is 1. The Hall–Kier alpha value is -3.36. The summed E-state index contributed by atoms with van der Waals surface area (Å²) in [7, 11) is 1.46. The van der Waals surface area contributed by atoms with E-state index in [-0.39, 0.29) is 42.3 Å². The van der Waals surface area contributed by atoms with Gasteiger partial charge in [-0.1, -0.05) is 45.2 Å². The lowest BCUT2D eigenvalue weighted by molar-refractivity contribution is -0.114. The lowest BCUT2D eigenvalue weighted by Gasteiger charge is -2.14. The van der Waals surface area contributed by atoms with Gasteiger partial charge in [-0.3, -0.25) is 4.79 Å². The van der Waals surface area contributed by atoms with Gasteiger partial charge in [-0.2, -0.15) is 5.26 Å². The Morgan fingerprint density at radius 2 is 1.74 bits per heavy atom. The zero-order valence-corrected chi connectivity index (χ0v) is 27.1. The third-order valence-electron chi connectivity index (χ3n) is 5.88. The molecule has 0 aliphatic rings. The maximum atomic E-state index is 13.3. The highest BCUT2D eigenvalue weighted by Gasteiger charge is 2.28. The van der Waals surface area contributed by atoms with Gasteiger partial charge in [0.15, 0.2) is 17.3 Å². The third kappa shape index (κ3) is 7.92. The van der Waals surface area contributed by atoms with E-state index < -0.39 is 17.7 Å². The van der Waals surface area contributed by atoms with Gasteiger partial charge in [0.25, 0.3) is 0 Å². The number of hydrogen-bond donors (Lipinski definition) is 0. The first-order valence-electron chi connectivity index (χ1n) is 12.6. The van der Waals surface area contributed by atoms with Crippen molar-refractivity contribution in [2.75, 3.05) is 20.3 Å². The first-order valence-corrected chi connectivity index (χ1v) is 15.0. The van der Waals surface area contributed by atoms with Crippen LogP contribution < -0.4 is 9.47 Å². The molecule has 0 unspecified atom stereocenters. The minimum atomic E-state index is -0.657. The number of ether oxygens (including phenoxy) is 4. The number of allylic oxidation sites excluding steroid dienone is 1. The van der Waals surface area contributed by atoms with Gasteiger partial charge in [-0.25, -0.2) is 9.59 Å². The molecule has 0 N–H and O–H groups in total. The largest absolute Gasteiger partial charge is 0.493 e. The van der Waals surface area contributed by atoms with Crippen LogP contribution in [0.25, 0.3) is 6.08 Å². The number of ketones is 1. The number of halogens is 3. The molecule has 220 valence electrons. The maximum absolute atomic E-state index is 13.3. The number of benzene rings is 2. The van der Waals surface area contributed by atoms with Gasteiger partial charge in [0.2, 0.25) is 0 Å². The number of Topliss-reactive ketones (excluding diaryl/α,β-unsaturated/α-hetero) is 1. The van der Waals surface area contributed by atoms with Gasteiger partial charge >= 0.3 is 11.9 Å².